The Balaban J connectivity index is 1.66. The van der Waals surface area contributed by atoms with Gasteiger partial charge < -0.3 is 5.32 Å². The van der Waals surface area contributed by atoms with Gasteiger partial charge in [0, 0.05) is 23.4 Å². The summed E-state index contributed by atoms with van der Waals surface area (Å²) in [6.45, 7) is 3.20. The minimum atomic E-state index is 0.795. The number of hydrogen-bond donors (Lipinski definition) is 1. The summed E-state index contributed by atoms with van der Waals surface area (Å²) in [6.07, 6.45) is 6.87. The predicted octanol–water partition coefficient (Wildman–Crippen LogP) is 2.97. The molecule has 2 aliphatic rings. The Kier molecular flexibility index (Phi) is 2.53. The van der Waals surface area contributed by atoms with E-state index in [1.807, 2.05) is 11.3 Å². The van der Waals surface area contributed by atoms with Crippen LogP contribution in [0.15, 0.2) is 0 Å². The largest absolute Gasteiger partial charge is 0.309 e. The summed E-state index contributed by atoms with van der Waals surface area (Å²) in [5, 5.41) is 4.97. The smallest absolute Gasteiger partial charge is 0.0962 e. The van der Waals surface area contributed by atoms with Crippen molar-refractivity contribution in [2.75, 3.05) is 0 Å². The fourth-order valence-electron chi connectivity index (χ4n) is 1.97. The van der Waals surface area contributed by atoms with Crippen molar-refractivity contribution < 1.29 is 0 Å². The first-order valence-corrected chi connectivity index (χ1v) is 6.84. The summed E-state index contributed by atoms with van der Waals surface area (Å²) in [5.74, 6) is 0.795. The first-order chi connectivity index (χ1) is 7.33. The number of nitrogens with zero attached hydrogens (tertiary/aromatic N) is 1. The van der Waals surface area contributed by atoms with E-state index in [2.05, 4.69) is 12.2 Å². The normalized spacial score (nSPS) is 21.7. The molecule has 1 aromatic heterocycles. The van der Waals surface area contributed by atoms with Crippen LogP contribution in [0.1, 0.15) is 53.6 Å². The summed E-state index contributed by atoms with van der Waals surface area (Å²) in [4.78, 5) is 6.17. The fraction of sp³-hybridized carbons (Fsp3) is 0.750. The first kappa shape index (κ1) is 9.79. The maximum atomic E-state index is 4.71. The van der Waals surface area contributed by atoms with Gasteiger partial charge in [-0.15, -0.1) is 11.3 Å². The molecule has 82 valence electrons. The van der Waals surface area contributed by atoms with Gasteiger partial charge in [-0.25, -0.2) is 4.98 Å². The maximum absolute atomic E-state index is 4.71. The monoisotopic (exact) mass is 222 g/mol. The molecule has 2 nitrogen and oxygen atoms in total. The molecule has 0 unspecified atom stereocenters. The third kappa shape index (κ3) is 2.08. The summed E-state index contributed by atoms with van der Waals surface area (Å²) in [5.41, 5.74) is 1.26. The molecular formula is C12H18N2S. The van der Waals surface area contributed by atoms with E-state index in [0.29, 0.717) is 0 Å². The number of hydrogen-bond acceptors (Lipinski definition) is 3. The Morgan fingerprint density at radius 3 is 2.73 bits per heavy atom. The van der Waals surface area contributed by atoms with Gasteiger partial charge >= 0.3 is 0 Å². The molecule has 0 atom stereocenters. The fourth-order valence-corrected chi connectivity index (χ4v) is 3.16. The number of aromatic nitrogens is 1. The molecule has 15 heavy (non-hydrogen) atoms. The molecule has 1 aromatic rings. The molecule has 0 bridgehead atoms. The van der Waals surface area contributed by atoms with Crippen LogP contribution in [0.4, 0.5) is 0 Å². The van der Waals surface area contributed by atoms with E-state index < -0.39 is 0 Å². The Morgan fingerprint density at radius 1 is 1.33 bits per heavy atom. The van der Waals surface area contributed by atoms with Gasteiger partial charge in [-0.05, 0) is 32.6 Å². The van der Waals surface area contributed by atoms with Gasteiger partial charge in [0.1, 0.15) is 0 Å². The summed E-state index contributed by atoms with van der Waals surface area (Å²) < 4.78 is 0. The predicted molar refractivity (Wildman–Crippen MR) is 63.3 cm³/mol. The van der Waals surface area contributed by atoms with E-state index in [0.717, 1.165) is 18.5 Å². The van der Waals surface area contributed by atoms with Gasteiger partial charge in [0.2, 0.25) is 0 Å². The van der Waals surface area contributed by atoms with E-state index in [1.165, 1.54) is 47.7 Å². The Hall–Kier alpha value is -0.410. The molecule has 0 aliphatic heterocycles. The molecule has 1 N–H and O–H groups in total. The van der Waals surface area contributed by atoms with Crippen molar-refractivity contribution in [2.24, 2.45) is 0 Å². The highest BCUT2D eigenvalue weighted by molar-refractivity contribution is 7.11. The van der Waals surface area contributed by atoms with E-state index in [9.17, 15) is 0 Å². The second kappa shape index (κ2) is 3.87. The quantitative estimate of drug-likeness (QED) is 0.847. The topological polar surface area (TPSA) is 24.9 Å². The van der Waals surface area contributed by atoms with Crippen LogP contribution >= 0.6 is 11.3 Å². The number of aryl methyl sites for hydroxylation is 1. The third-order valence-electron chi connectivity index (χ3n) is 3.49. The third-order valence-corrected chi connectivity index (χ3v) is 4.81. The molecule has 0 radical (unpaired) electrons. The number of thiazole rings is 1. The lowest BCUT2D eigenvalue weighted by molar-refractivity contribution is 0.418. The van der Waals surface area contributed by atoms with Gasteiger partial charge in [-0.2, -0.15) is 0 Å². The van der Waals surface area contributed by atoms with Gasteiger partial charge in [-0.1, -0.05) is 6.42 Å². The Labute approximate surface area is 95.1 Å². The highest BCUT2D eigenvalue weighted by atomic mass is 32.1. The lowest BCUT2D eigenvalue weighted by atomic mass is 9.86. The molecule has 2 saturated carbocycles. The van der Waals surface area contributed by atoms with Crippen molar-refractivity contribution in [3.8, 4) is 0 Å². The highest BCUT2D eigenvalue weighted by Gasteiger charge is 2.25. The molecule has 0 aromatic carbocycles. The highest BCUT2D eigenvalue weighted by Crippen LogP contribution is 2.39. The van der Waals surface area contributed by atoms with Crippen LogP contribution in [-0.4, -0.2) is 11.0 Å². The van der Waals surface area contributed by atoms with Crippen LogP contribution in [-0.2, 0) is 6.54 Å². The minimum absolute atomic E-state index is 0.795. The van der Waals surface area contributed by atoms with Crippen LogP contribution in [0.25, 0.3) is 0 Å². The van der Waals surface area contributed by atoms with Gasteiger partial charge in [0.15, 0.2) is 0 Å². The van der Waals surface area contributed by atoms with Crippen LogP contribution in [0.5, 0.6) is 0 Å². The standard InChI is InChI=1S/C12H18N2S/c1-8-11(7-13-10-5-6-10)15-12(14-8)9-3-2-4-9/h9-10,13H,2-7H2,1H3. The summed E-state index contributed by atoms with van der Waals surface area (Å²) in [6, 6.07) is 0.804. The Morgan fingerprint density at radius 2 is 2.13 bits per heavy atom. The molecule has 0 saturated heterocycles. The Bertz CT molecular complexity index is 351. The lowest BCUT2D eigenvalue weighted by Crippen LogP contribution is -2.14. The van der Waals surface area contributed by atoms with Crippen molar-refractivity contribution in [3.63, 3.8) is 0 Å². The summed E-state index contributed by atoms with van der Waals surface area (Å²) in [7, 11) is 0. The first-order valence-electron chi connectivity index (χ1n) is 6.02. The maximum Gasteiger partial charge on any atom is 0.0962 e. The van der Waals surface area contributed by atoms with E-state index in [4.69, 9.17) is 4.98 Å². The zero-order chi connectivity index (χ0) is 10.3. The number of nitrogens with one attached hydrogen (secondary N) is 1. The minimum Gasteiger partial charge on any atom is -0.309 e. The van der Waals surface area contributed by atoms with Crippen LogP contribution in [0.3, 0.4) is 0 Å². The molecule has 2 fully saturated rings. The zero-order valence-corrected chi connectivity index (χ0v) is 10.1. The van der Waals surface area contributed by atoms with Gasteiger partial charge in [-0.3, -0.25) is 0 Å². The van der Waals surface area contributed by atoms with E-state index in [1.54, 1.807) is 0 Å². The summed E-state index contributed by atoms with van der Waals surface area (Å²) >= 11 is 1.94. The van der Waals surface area contributed by atoms with Crippen molar-refractivity contribution in [2.45, 2.75) is 57.5 Å². The molecule has 0 spiro atoms. The van der Waals surface area contributed by atoms with Crippen molar-refractivity contribution in [1.82, 2.24) is 10.3 Å². The molecule has 0 amide bonds. The number of rotatable bonds is 4. The zero-order valence-electron chi connectivity index (χ0n) is 9.25. The van der Waals surface area contributed by atoms with E-state index in [-0.39, 0.29) is 0 Å². The van der Waals surface area contributed by atoms with Gasteiger partial charge in [0.25, 0.3) is 0 Å². The second-order valence-corrected chi connectivity index (χ2v) is 5.96. The van der Waals surface area contributed by atoms with Crippen LogP contribution < -0.4 is 5.32 Å². The second-order valence-electron chi connectivity index (χ2n) is 4.84. The van der Waals surface area contributed by atoms with Crippen molar-refractivity contribution >= 4 is 11.3 Å². The molecule has 2 aliphatic carbocycles. The molecular weight excluding hydrogens is 204 g/mol. The van der Waals surface area contributed by atoms with Crippen molar-refractivity contribution in [3.05, 3.63) is 15.6 Å². The average Bonchev–Trinajstić information content (AvgIpc) is 2.87. The van der Waals surface area contributed by atoms with E-state index >= 15 is 0 Å². The average molecular weight is 222 g/mol. The molecule has 3 rings (SSSR count). The molecule has 3 heteroatoms. The van der Waals surface area contributed by atoms with Crippen molar-refractivity contribution in [1.29, 1.82) is 0 Å². The van der Waals surface area contributed by atoms with Crippen LogP contribution in [0.2, 0.25) is 0 Å². The van der Waals surface area contributed by atoms with Gasteiger partial charge in [0.05, 0.1) is 10.7 Å². The van der Waals surface area contributed by atoms with Crippen LogP contribution in [0, 0.1) is 6.92 Å². The lowest BCUT2D eigenvalue weighted by Gasteiger charge is -2.22. The SMILES string of the molecule is Cc1nc(C2CCC2)sc1CNC1CC1. The molecule has 1 heterocycles.